The zero-order valence-corrected chi connectivity index (χ0v) is 17.0. The molecule has 0 saturated heterocycles. The first-order chi connectivity index (χ1) is 12.0. The van der Waals surface area contributed by atoms with Gasteiger partial charge in [0.25, 0.3) is 5.91 Å². The fourth-order valence-electron chi connectivity index (χ4n) is 2.84. The number of amides is 1. The highest BCUT2D eigenvalue weighted by atomic mass is 35.5. The number of carbonyl (C=O) groups excluding carboxylic acids is 1. The summed E-state index contributed by atoms with van der Waals surface area (Å²) in [5, 5.41) is 3.94. The first kappa shape index (κ1) is 22.8. The zero-order chi connectivity index (χ0) is 17.8. The van der Waals surface area contributed by atoms with Gasteiger partial charge in [0.15, 0.2) is 5.76 Å². The van der Waals surface area contributed by atoms with Gasteiger partial charge in [-0.15, -0.1) is 24.8 Å². The molecule has 3 aromatic rings. The van der Waals surface area contributed by atoms with Gasteiger partial charge in [-0.05, 0) is 44.3 Å². The molecular formula is C20H25Cl2N3O2. The molecule has 146 valence electrons. The Morgan fingerprint density at radius 1 is 1.07 bits per heavy atom. The van der Waals surface area contributed by atoms with Crippen LogP contribution in [0.1, 0.15) is 21.7 Å². The van der Waals surface area contributed by atoms with Crippen molar-refractivity contribution in [2.24, 2.45) is 0 Å². The molecule has 1 heterocycles. The van der Waals surface area contributed by atoms with E-state index < -0.39 is 0 Å². The third-order valence-corrected chi connectivity index (χ3v) is 4.06. The van der Waals surface area contributed by atoms with Crippen molar-refractivity contribution in [3.8, 4) is 0 Å². The van der Waals surface area contributed by atoms with Crippen LogP contribution in [0.3, 0.4) is 0 Å². The summed E-state index contributed by atoms with van der Waals surface area (Å²) >= 11 is 0. The van der Waals surface area contributed by atoms with Gasteiger partial charge in [0.2, 0.25) is 0 Å². The quantitative estimate of drug-likeness (QED) is 0.605. The van der Waals surface area contributed by atoms with Crippen molar-refractivity contribution in [3.05, 3.63) is 65.4 Å². The number of fused-ring (bicyclic) bond motifs is 1. The molecule has 2 aromatic carbocycles. The summed E-state index contributed by atoms with van der Waals surface area (Å²) < 4.78 is 5.83. The Hall–Kier alpha value is -2.21. The summed E-state index contributed by atoms with van der Waals surface area (Å²) in [7, 11) is 3.95. The molecule has 0 atom stereocenters. The number of carbonyl (C=O) groups is 1. The first-order valence-corrected chi connectivity index (χ1v) is 8.32. The molecule has 0 aliphatic heterocycles. The molecule has 3 N–H and O–H groups in total. The number of nitrogens with two attached hydrogens (primary N) is 1. The lowest BCUT2D eigenvalue weighted by atomic mass is 10.1. The maximum absolute atomic E-state index is 12.6. The van der Waals surface area contributed by atoms with Crippen molar-refractivity contribution >= 4 is 47.4 Å². The lowest BCUT2D eigenvalue weighted by molar-refractivity contribution is 0.0926. The Morgan fingerprint density at radius 3 is 2.41 bits per heavy atom. The largest absolute Gasteiger partial charge is 0.451 e. The van der Waals surface area contributed by atoms with Crippen LogP contribution in [0, 0.1) is 0 Å². The number of hydrogen-bond donors (Lipinski definition) is 2. The van der Waals surface area contributed by atoms with Crippen LogP contribution in [0.4, 0.5) is 5.69 Å². The maximum atomic E-state index is 12.6. The van der Waals surface area contributed by atoms with E-state index in [4.69, 9.17) is 10.2 Å². The highest BCUT2D eigenvalue weighted by Gasteiger charge is 2.20. The van der Waals surface area contributed by atoms with E-state index in [1.165, 1.54) is 0 Å². The third kappa shape index (κ3) is 5.63. The lowest BCUT2D eigenvalue weighted by Crippen LogP contribution is -2.27. The molecular weight excluding hydrogens is 385 g/mol. The minimum atomic E-state index is -0.177. The van der Waals surface area contributed by atoms with Gasteiger partial charge in [0.1, 0.15) is 5.58 Å². The predicted octanol–water partition coefficient (Wildman–Crippen LogP) is 3.89. The summed E-state index contributed by atoms with van der Waals surface area (Å²) in [5.41, 5.74) is 9.22. The minimum Gasteiger partial charge on any atom is -0.451 e. The third-order valence-electron chi connectivity index (χ3n) is 4.06. The molecule has 0 aliphatic carbocycles. The molecule has 7 heteroatoms. The van der Waals surface area contributed by atoms with Gasteiger partial charge in [-0.1, -0.05) is 30.3 Å². The second-order valence-electron chi connectivity index (χ2n) is 6.39. The van der Waals surface area contributed by atoms with E-state index in [2.05, 4.69) is 5.32 Å². The number of benzene rings is 2. The molecule has 0 unspecified atom stereocenters. The van der Waals surface area contributed by atoms with E-state index >= 15 is 0 Å². The minimum absolute atomic E-state index is 0. The van der Waals surface area contributed by atoms with Crippen molar-refractivity contribution in [1.29, 1.82) is 0 Å². The number of nitrogens with one attached hydrogen (secondary N) is 1. The van der Waals surface area contributed by atoms with Crippen LogP contribution in [0.15, 0.2) is 52.9 Å². The summed E-state index contributed by atoms with van der Waals surface area (Å²) in [6.45, 7) is 1.19. The van der Waals surface area contributed by atoms with E-state index in [0.29, 0.717) is 18.8 Å². The smallest absolute Gasteiger partial charge is 0.287 e. The van der Waals surface area contributed by atoms with Crippen LogP contribution >= 0.6 is 24.8 Å². The highest BCUT2D eigenvalue weighted by Crippen LogP contribution is 2.26. The Balaban J connectivity index is 0.00000182. The van der Waals surface area contributed by atoms with E-state index in [1.54, 1.807) is 0 Å². The van der Waals surface area contributed by atoms with E-state index in [9.17, 15) is 4.79 Å². The van der Waals surface area contributed by atoms with Crippen LogP contribution in [-0.4, -0.2) is 31.4 Å². The van der Waals surface area contributed by atoms with Gasteiger partial charge in [-0.25, -0.2) is 0 Å². The maximum Gasteiger partial charge on any atom is 0.287 e. The topological polar surface area (TPSA) is 71.5 Å². The van der Waals surface area contributed by atoms with Crippen LogP contribution in [0.25, 0.3) is 11.0 Å². The molecule has 0 bridgehead atoms. The van der Waals surface area contributed by atoms with E-state index in [0.717, 1.165) is 34.2 Å². The highest BCUT2D eigenvalue weighted by molar-refractivity contribution is 5.99. The molecule has 0 aliphatic rings. The number of anilines is 1. The van der Waals surface area contributed by atoms with Crippen molar-refractivity contribution < 1.29 is 9.21 Å². The Kier molecular flexibility index (Phi) is 8.63. The number of rotatable bonds is 6. The van der Waals surface area contributed by atoms with E-state index in [-0.39, 0.29) is 30.7 Å². The number of halogens is 2. The average Bonchev–Trinajstić information content (AvgIpc) is 2.95. The van der Waals surface area contributed by atoms with Crippen molar-refractivity contribution in [2.75, 3.05) is 26.4 Å². The second-order valence-corrected chi connectivity index (χ2v) is 6.39. The standard InChI is InChI=1S/C20H23N3O2.2ClH/c1-23(2)13-17-16-5-3-4-6-18(16)25-19(17)20(24)22-12-11-14-7-9-15(21)10-8-14;;/h3-10H,11-13,21H2,1-2H3,(H,22,24);2*1H. The van der Waals surface area contributed by atoms with Crippen molar-refractivity contribution in [2.45, 2.75) is 13.0 Å². The van der Waals surface area contributed by atoms with Gasteiger partial charge < -0.3 is 20.4 Å². The molecule has 0 radical (unpaired) electrons. The number of hydrogen-bond acceptors (Lipinski definition) is 4. The summed E-state index contributed by atoms with van der Waals surface area (Å²) in [6, 6.07) is 15.4. The summed E-state index contributed by atoms with van der Waals surface area (Å²) in [5.74, 6) is 0.218. The monoisotopic (exact) mass is 409 g/mol. The zero-order valence-electron chi connectivity index (χ0n) is 15.4. The first-order valence-electron chi connectivity index (χ1n) is 8.32. The molecule has 0 spiro atoms. The van der Waals surface area contributed by atoms with Crippen molar-refractivity contribution in [3.63, 3.8) is 0 Å². The summed E-state index contributed by atoms with van der Waals surface area (Å²) in [6.07, 6.45) is 0.745. The Bertz CT molecular complexity index is 877. The van der Waals surface area contributed by atoms with Crippen LogP contribution < -0.4 is 11.1 Å². The molecule has 5 nitrogen and oxygen atoms in total. The molecule has 1 aromatic heterocycles. The number of furan rings is 1. The van der Waals surface area contributed by atoms with Crippen LogP contribution in [-0.2, 0) is 13.0 Å². The van der Waals surface area contributed by atoms with Gasteiger partial charge in [0.05, 0.1) is 0 Å². The molecule has 27 heavy (non-hydrogen) atoms. The molecule has 1 amide bonds. The van der Waals surface area contributed by atoms with Gasteiger partial charge in [0, 0.05) is 29.7 Å². The molecule has 0 saturated carbocycles. The summed E-state index contributed by atoms with van der Waals surface area (Å²) in [4.78, 5) is 14.6. The van der Waals surface area contributed by atoms with Crippen LogP contribution in [0.2, 0.25) is 0 Å². The van der Waals surface area contributed by atoms with Crippen LogP contribution in [0.5, 0.6) is 0 Å². The SMILES string of the molecule is CN(C)Cc1c(C(=O)NCCc2ccc(N)cc2)oc2ccccc12.Cl.Cl. The number of para-hydroxylation sites is 1. The number of nitrogen functional groups attached to an aromatic ring is 1. The predicted molar refractivity (Wildman–Crippen MR) is 115 cm³/mol. The van der Waals surface area contributed by atoms with Gasteiger partial charge in [-0.2, -0.15) is 0 Å². The Morgan fingerprint density at radius 2 is 1.74 bits per heavy atom. The Labute approximate surface area is 171 Å². The number of nitrogens with zero attached hydrogens (tertiary/aromatic N) is 1. The second kappa shape index (κ2) is 10.2. The fourth-order valence-corrected chi connectivity index (χ4v) is 2.84. The van der Waals surface area contributed by atoms with E-state index in [1.807, 2.05) is 67.5 Å². The average molecular weight is 410 g/mol. The fraction of sp³-hybridized carbons (Fsp3) is 0.250. The van der Waals surface area contributed by atoms with Crippen molar-refractivity contribution in [1.82, 2.24) is 10.2 Å². The lowest BCUT2D eigenvalue weighted by Gasteiger charge is -2.10. The molecule has 0 fully saturated rings. The molecule has 3 rings (SSSR count). The van der Waals surface area contributed by atoms with Gasteiger partial charge >= 0.3 is 0 Å². The normalized spacial score (nSPS) is 10.3. The van der Waals surface area contributed by atoms with Gasteiger partial charge in [-0.3, -0.25) is 4.79 Å².